The van der Waals surface area contributed by atoms with Crippen LogP contribution in [0.5, 0.6) is 0 Å². The second-order valence-electron chi connectivity index (χ2n) is 6.66. The standard InChI is InChI=1S/C19H25N3O4S/c1-15(18-6-5-13-26-18)20-14-19(23)21-16-7-9-17(10-8-16)27(24,25)22-11-3-2-4-12-22/h5-10,13,15,20H,2-4,11-12,14H2,1H3,(H,21,23)/t15-/m0/s1. The van der Waals surface area contributed by atoms with Crippen molar-refractivity contribution < 1.29 is 17.6 Å². The van der Waals surface area contributed by atoms with E-state index in [0.29, 0.717) is 18.8 Å². The van der Waals surface area contributed by atoms with Crippen molar-refractivity contribution in [3.05, 3.63) is 48.4 Å². The lowest BCUT2D eigenvalue weighted by molar-refractivity contribution is -0.115. The summed E-state index contributed by atoms with van der Waals surface area (Å²) in [6.45, 7) is 3.17. The predicted molar refractivity (Wildman–Crippen MR) is 103 cm³/mol. The fourth-order valence-corrected chi connectivity index (χ4v) is 4.57. The molecule has 146 valence electrons. The van der Waals surface area contributed by atoms with Crippen molar-refractivity contribution in [1.29, 1.82) is 0 Å². The average Bonchev–Trinajstić information content (AvgIpc) is 3.22. The molecule has 0 bridgehead atoms. The van der Waals surface area contributed by atoms with Gasteiger partial charge < -0.3 is 9.73 Å². The molecule has 0 spiro atoms. The Hall–Kier alpha value is -2.16. The number of piperidine rings is 1. The summed E-state index contributed by atoms with van der Waals surface area (Å²) in [6.07, 6.45) is 4.46. The minimum atomic E-state index is -3.46. The first kappa shape index (κ1) is 19.6. The second kappa shape index (κ2) is 8.69. The third-order valence-corrected chi connectivity index (χ3v) is 6.54. The van der Waals surface area contributed by atoms with Crippen LogP contribution in [0.1, 0.15) is 38.0 Å². The van der Waals surface area contributed by atoms with Crippen molar-refractivity contribution in [1.82, 2.24) is 9.62 Å². The zero-order valence-electron chi connectivity index (χ0n) is 15.3. The van der Waals surface area contributed by atoms with Gasteiger partial charge in [-0.3, -0.25) is 10.1 Å². The van der Waals surface area contributed by atoms with Gasteiger partial charge in [-0.2, -0.15) is 4.31 Å². The van der Waals surface area contributed by atoms with E-state index in [4.69, 9.17) is 4.42 Å². The summed E-state index contributed by atoms with van der Waals surface area (Å²) in [6, 6.07) is 9.87. The Morgan fingerprint density at radius 2 is 1.85 bits per heavy atom. The molecule has 1 aliphatic heterocycles. The zero-order chi connectivity index (χ0) is 19.3. The highest BCUT2D eigenvalue weighted by Gasteiger charge is 2.25. The minimum absolute atomic E-state index is 0.0807. The molecular weight excluding hydrogens is 366 g/mol. The molecule has 1 fully saturated rings. The lowest BCUT2D eigenvalue weighted by Gasteiger charge is -2.25. The quantitative estimate of drug-likeness (QED) is 0.757. The molecular formula is C19H25N3O4S. The van der Waals surface area contributed by atoms with Gasteiger partial charge in [-0.15, -0.1) is 0 Å². The molecule has 8 heteroatoms. The largest absolute Gasteiger partial charge is 0.468 e. The Morgan fingerprint density at radius 3 is 2.48 bits per heavy atom. The summed E-state index contributed by atoms with van der Waals surface area (Å²) in [5.74, 6) is 0.551. The van der Waals surface area contributed by atoms with Crippen LogP contribution in [0, 0.1) is 0 Å². The van der Waals surface area contributed by atoms with Gasteiger partial charge in [-0.1, -0.05) is 6.42 Å². The molecule has 27 heavy (non-hydrogen) atoms. The first-order valence-corrected chi connectivity index (χ1v) is 10.6. The monoisotopic (exact) mass is 391 g/mol. The number of sulfonamides is 1. The molecule has 1 atom stereocenters. The third-order valence-electron chi connectivity index (χ3n) is 4.63. The number of hydrogen-bond acceptors (Lipinski definition) is 5. The smallest absolute Gasteiger partial charge is 0.243 e. The van der Waals surface area contributed by atoms with E-state index in [-0.39, 0.29) is 23.4 Å². The minimum Gasteiger partial charge on any atom is -0.468 e. The van der Waals surface area contributed by atoms with Crippen LogP contribution >= 0.6 is 0 Å². The fraction of sp³-hybridized carbons (Fsp3) is 0.421. The summed E-state index contributed by atoms with van der Waals surface area (Å²) >= 11 is 0. The van der Waals surface area contributed by atoms with E-state index in [2.05, 4.69) is 10.6 Å². The van der Waals surface area contributed by atoms with Crippen LogP contribution in [-0.4, -0.2) is 38.3 Å². The van der Waals surface area contributed by atoms with Crippen LogP contribution in [0.15, 0.2) is 52.0 Å². The molecule has 7 nitrogen and oxygen atoms in total. The zero-order valence-corrected chi connectivity index (χ0v) is 16.2. The third kappa shape index (κ3) is 4.97. The van der Waals surface area contributed by atoms with Crippen molar-refractivity contribution in [2.45, 2.75) is 37.1 Å². The average molecular weight is 391 g/mol. The maximum absolute atomic E-state index is 12.6. The van der Waals surface area contributed by atoms with Gasteiger partial charge in [0.2, 0.25) is 15.9 Å². The highest BCUT2D eigenvalue weighted by molar-refractivity contribution is 7.89. The van der Waals surface area contributed by atoms with Gasteiger partial charge >= 0.3 is 0 Å². The highest BCUT2D eigenvalue weighted by atomic mass is 32.2. The number of anilines is 1. The number of carbonyl (C=O) groups excluding carboxylic acids is 1. The molecule has 0 saturated carbocycles. The number of nitrogens with one attached hydrogen (secondary N) is 2. The molecule has 1 aliphatic rings. The van der Waals surface area contributed by atoms with E-state index in [1.54, 1.807) is 36.6 Å². The topological polar surface area (TPSA) is 91.7 Å². The summed E-state index contributed by atoms with van der Waals surface area (Å²) < 4.78 is 32.1. The van der Waals surface area contributed by atoms with Crippen LogP contribution in [-0.2, 0) is 14.8 Å². The predicted octanol–water partition coefficient (Wildman–Crippen LogP) is 2.74. The summed E-state index contributed by atoms with van der Waals surface area (Å²) in [7, 11) is -3.46. The molecule has 0 unspecified atom stereocenters. The molecule has 3 rings (SSSR count). The number of nitrogens with zero attached hydrogens (tertiary/aromatic N) is 1. The molecule has 1 saturated heterocycles. The van der Waals surface area contributed by atoms with Crippen LogP contribution < -0.4 is 10.6 Å². The fourth-order valence-electron chi connectivity index (χ4n) is 3.05. The van der Waals surface area contributed by atoms with Crippen molar-refractivity contribution in [2.24, 2.45) is 0 Å². The number of carbonyl (C=O) groups is 1. The highest BCUT2D eigenvalue weighted by Crippen LogP contribution is 2.22. The first-order valence-electron chi connectivity index (χ1n) is 9.13. The summed E-state index contributed by atoms with van der Waals surface area (Å²) in [5.41, 5.74) is 0.560. The molecule has 1 aromatic heterocycles. The Morgan fingerprint density at radius 1 is 1.15 bits per heavy atom. The number of hydrogen-bond donors (Lipinski definition) is 2. The van der Waals surface area contributed by atoms with Crippen LogP contribution in [0.25, 0.3) is 0 Å². The molecule has 1 aromatic carbocycles. The Kier molecular flexibility index (Phi) is 6.30. The van der Waals surface area contributed by atoms with Gasteiger partial charge in [0.15, 0.2) is 0 Å². The van der Waals surface area contributed by atoms with E-state index in [1.807, 2.05) is 13.0 Å². The lowest BCUT2D eigenvalue weighted by Crippen LogP contribution is -2.35. The van der Waals surface area contributed by atoms with Crippen molar-refractivity contribution in [2.75, 3.05) is 25.0 Å². The second-order valence-corrected chi connectivity index (χ2v) is 8.59. The van der Waals surface area contributed by atoms with Crippen LogP contribution in [0.4, 0.5) is 5.69 Å². The Balaban J connectivity index is 1.54. The number of amides is 1. The maximum Gasteiger partial charge on any atom is 0.243 e. The molecule has 0 radical (unpaired) electrons. The maximum atomic E-state index is 12.6. The summed E-state index contributed by atoms with van der Waals surface area (Å²) in [5, 5.41) is 5.84. The molecule has 2 N–H and O–H groups in total. The number of furan rings is 1. The number of rotatable bonds is 7. The Bertz CT molecular complexity index is 842. The number of benzene rings is 1. The van der Waals surface area contributed by atoms with E-state index in [9.17, 15) is 13.2 Å². The van der Waals surface area contributed by atoms with Gasteiger partial charge in [0.05, 0.1) is 23.7 Å². The first-order chi connectivity index (χ1) is 13.0. The van der Waals surface area contributed by atoms with Gasteiger partial charge in [-0.05, 0) is 56.2 Å². The van der Waals surface area contributed by atoms with Crippen molar-refractivity contribution in [3.63, 3.8) is 0 Å². The van der Waals surface area contributed by atoms with Gasteiger partial charge in [0, 0.05) is 18.8 Å². The molecule has 2 heterocycles. The SMILES string of the molecule is C[C@H](NCC(=O)Nc1ccc(S(=O)(=O)N2CCCCC2)cc1)c1ccco1. The van der Waals surface area contributed by atoms with Gasteiger partial charge in [0.1, 0.15) is 5.76 Å². The molecule has 1 amide bonds. The van der Waals surface area contributed by atoms with E-state index >= 15 is 0 Å². The van der Waals surface area contributed by atoms with E-state index in [1.165, 1.54) is 4.31 Å². The Labute approximate surface area is 159 Å². The normalized spacial score (nSPS) is 16.8. The van der Waals surface area contributed by atoms with Crippen molar-refractivity contribution >= 4 is 21.6 Å². The van der Waals surface area contributed by atoms with Gasteiger partial charge in [-0.25, -0.2) is 8.42 Å². The molecule has 2 aromatic rings. The van der Waals surface area contributed by atoms with E-state index in [0.717, 1.165) is 25.0 Å². The van der Waals surface area contributed by atoms with Crippen LogP contribution in [0.2, 0.25) is 0 Å². The van der Waals surface area contributed by atoms with Crippen LogP contribution in [0.3, 0.4) is 0 Å². The van der Waals surface area contributed by atoms with Crippen molar-refractivity contribution in [3.8, 4) is 0 Å². The van der Waals surface area contributed by atoms with E-state index < -0.39 is 10.0 Å². The summed E-state index contributed by atoms with van der Waals surface area (Å²) in [4.78, 5) is 12.3. The van der Waals surface area contributed by atoms with Gasteiger partial charge in [0.25, 0.3) is 0 Å². The lowest BCUT2D eigenvalue weighted by atomic mass is 10.2. The molecule has 0 aliphatic carbocycles.